The van der Waals surface area contributed by atoms with Gasteiger partial charge in [-0.25, -0.2) is 0 Å². The summed E-state index contributed by atoms with van der Waals surface area (Å²) in [6.45, 7) is 7.09. The highest BCUT2D eigenvalue weighted by Crippen LogP contribution is 2.33. The molecule has 0 N–H and O–H groups in total. The lowest BCUT2D eigenvalue weighted by molar-refractivity contribution is -0.133. The van der Waals surface area contributed by atoms with E-state index in [9.17, 15) is 9.59 Å². The lowest BCUT2D eigenvalue weighted by atomic mass is 10.0. The van der Waals surface area contributed by atoms with Gasteiger partial charge in [0.25, 0.3) is 5.91 Å². The van der Waals surface area contributed by atoms with Gasteiger partial charge in [0.05, 0.1) is 26.0 Å². The molecule has 42 heavy (non-hydrogen) atoms. The van der Waals surface area contributed by atoms with Crippen molar-refractivity contribution in [2.24, 2.45) is 0 Å². The molecule has 5 rings (SSSR count). The number of benzene rings is 2. The molecular formula is C33H41N3O6. The van der Waals surface area contributed by atoms with Crippen molar-refractivity contribution in [3.05, 3.63) is 83.3 Å². The molecule has 3 heterocycles. The van der Waals surface area contributed by atoms with Gasteiger partial charge in [-0.3, -0.25) is 14.5 Å². The van der Waals surface area contributed by atoms with Gasteiger partial charge in [-0.1, -0.05) is 38.0 Å². The molecule has 0 aliphatic carbocycles. The van der Waals surface area contributed by atoms with Crippen molar-refractivity contribution in [2.45, 2.75) is 45.7 Å². The number of nitrogens with zero attached hydrogens (tertiary/aromatic N) is 3. The van der Waals surface area contributed by atoms with Crippen LogP contribution in [0.4, 0.5) is 0 Å². The van der Waals surface area contributed by atoms with E-state index in [-0.39, 0.29) is 31.7 Å². The zero-order chi connectivity index (χ0) is 29.1. The number of fused-ring (bicyclic) bond motifs is 1. The second-order valence-corrected chi connectivity index (χ2v) is 10.9. The maximum Gasteiger partial charge on any atom is 0.254 e. The van der Waals surface area contributed by atoms with E-state index in [1.165, 1.54) is 18.4 Å². The summed E-state index contributed by atoms with van der Waals surface area (Å²) in [6, 6.07) is 17.2. The van der Waals surface area contributed by atoms with Gasteiger partial charge in [-0.15, -0.1) is 0 Å². The minimum absolute atomic E-state index is 0.0350. The van der Waals surface area contributed by atoms with Crippen molar-refractivity contribution >= 4 is 11.8 Å². The SMILES string of the molecule is CCCCCc1ccc(C(=O)N(CCN2CCOCC2)CC(=O)N(Cc2ccc3c(c2)OCO3)Cc2ccco2)cc1. The van der Waals surface area contributed by atoms with Crippen molar-refractivity contribution in [2.75, 3.05) is 52.7 Å². The summed E-state index contributed by atoms with van der Waals surface area (Å²) in [5, 5.41) is 0. The highest BCUT2D eigenvalue weighted by molar-refractivity contribution is 5.96. The Bertz CT molecular complexity index is 1290. The molecule has 2 aromatic carbocycles. The van der Waals surface area contributed by atoms with Crippen LogP contribution in [0.25, 0.3) is 0 Å². The van der Waals surface area contributed by atoms with Gasteiger partial charge in [0, 0.05) is 38.3 Å². The van der Waals surface area contributed by atoms with Crippen molar-refractivity contribution in [1.29, 1.82) is 0 Å². The maximum absolute atomic E-state index is 13.9. The molecule has 0 unspecified atom stereocenters. The maximum atomic E-state index is 13.9. The molecule has 9 heteroatoms. The predicted molar refractivity (Wildman–Crippen MR) is 158 cm³/mol. The minimum Gasteiger partial charge on any atom is -0.467 e. The van der Waals surface area contributed by atoms with Gasteiger partial charge in [0.2, 0.25) is 12.7 Å². The van der Waals surface area contributed by atoms with E-state index >= 15 is 0 Å². The Morgan fingerprint density at radius 3 is 2.43 bits per heavy atom. The number of furan rings is 1. The number of aryl methyl sites for hydroxylation is 1. The highest BCUT2D eigenvalue weighted by Gasteiger charge is 2.25. The average molecular weight is 576 g/mol. The van der Waals surface area contributed by atoms with E-state index in [1.54, 1.807) is 16.1 Å². The Morgan fingerprint density at radius 2 is 1.67 bits per heavy atom. The summed E-state index contributed by atoms with van der Waals surface area (Å²) in [5.41, 5.74) is 2.73. The highest BCUT2D eigenvalue weighted by atomic mass is 16.7. The van der Waals surface area contributed by atoms with Gasteiger partial charge in [0.1, 0.15) is 12.3 Å². The largest absolute Gasteiger partial charge is 0.467 e. The van der Waals surface area contributed by atoms with E-state index in [0.29, 0.717) is 55.7 Å². The topological polar surface area (TPSA) is 84.7 Å². The molecule has 1 saturated heterocycles. The van der Waals surface area contributed by atoms with Crippen LogP contribution in [0.1, 0.15) is 53.4 Å². The molecule has 0 saturated carbocycles. The van der Waals surface area contributed by atoms with Crippen molar-refractivity contribution in [1.82, 2.24) is 14.7 Å². The van der Waals surface area contributed by atoms with Crippen LogP contribution < -0.4 is 9.47 Å². The van der Waals surface area contributed by atoms with Gasteiger partial charge in [0.15, 0.2) is 11.5 Å². The number of carbonyl (C=O) groups is 2. The Kier molecular flexibility index (Phi) is 10.5. The molecule has 0 spiro atoms. The van der Waals surface area contributed by atoms with E-state index in [0.717, 1.165) is 31.5 Å². The van der Waals surface area contributed by atoms with Crippen LogP contribution in [0.5, 0.6) is 11.5 Å². The fraction of sp³-hybridized carbons (Fsp3) is 0.455. The van der Waals surface area contributed by atoms with Crippen LogP contribution in [0.15, 0.2) is 65.3 Å². The summed E-state index contributed by atoms with van der Waals surface area (Å²) in [6.07, 6.45) is 6.11. The summed E-state index contributed by atoms with van der Waals surface area (Å²) < 4.78 is 22.1. The van der Waals surface area contributed by atoms with Crippen LogP contribution in [0, 0.1) is 0 Å². The number of unbranched alkanes of at least 4 members (excludes halogenated alkanes) is 2. The Labute approximate surface area is 247 Å². The van der Waals surface area contributed by atoms with E-state index < -0.39 is 0 Å². The number of ether oxygens (including phenoxy) is 3. The third kappa shape index (κ3) is 8.14. The first-order valence-electron chi connectivity index (χ1n) is 15.0. The van der Waals surface area contributed by atoms with Crippen molar-refractivity contribution in [3.63, 3.8) is 0 Å². The number of amides is 2. The molecule has 2 aliphatic heterocycles. The second-order valence-electron chi connectivity index (χ2n) is 10.9. The zero-order valence-corrected chi connectivity index (χ0v) is 24.5. The number of carbonyl (C=O) groups excluding carboxylic acids is 2. The van der Waals surface area contributed by atoms with Gasteiger partial charge < -0.3 is 28.4 Å². The number of morpholine rings is 1. The first-order chi connectivity index (χ1) is 20.6. The molecule has 224 valence electrons. The smallest absolute Gasteiger partial charge is 0.254 e. The predicted octanol–water partition coefficient (Wildman–Crippen LogP) is 4.74. The standard InChI is InChI=1S/C33H41N3O6/c1-2-3-4-6-26-8-11-28(12-9-26)33(38)35(15-14-34-16-19-39-20-17-34)24-32(37)36(23-29-7-5-18-40-29)22-27-10-13-30-31(21-27)42-25-41-30/h5,7-13,18,21H,2-4,6,14-17,19-20,22-25H2,1H3. The molecule has 0 bridgehead atoms. The summed E-state index contributed by atoms with van der Waals surface area (Å²) in [7, 11) is 0. The van der Waals surface area contributed by atoms with Crippen LogP contribution in [-0.2, 0) is 29.0 Å². The molecule has 0 radical (unpaired) electrons. The van der Waals surface area contributed by atoms with Gasteiger partial charge in [-0.05, 0) is 60.4 Å². The molecular weight excluding hydrogens is 534 g/mol. The normalized spacial score (nSPS) is 14.6. The molecule has 1 aromatic heterocycles. The number of hydrogen-bond donors (Lipinski definition) is 0. The third-order valence-corrected chi connectivity index (χ3v) is 7.76. The quantitative estimate of drug-likeness (QED) is 0.257. The van der Waals surface area contributed by atoms with Gasteiger partial charge in [-0.2, -0.15) is 0 Å². The van der Waals surface area contributed by atoms with Gasteiger partial charge >= 0.3 is 0 Å². The third-order valence-electron chi connectivity index (χ3n) is 7.76. The Hall–Kier alpha value is -3.82. The molecule has 9 nitrogen and oxygen atoms in total. The fourth-order valence-corrected chi connectivity index (χ4v) is 5.26. The van der Waals surface area contributed by atoms with Crippen LogP contribution in [-0.4, -0.2) is 79.2 Å². The second kappa shape index (κ2) is 14.9. The van der Waals surface area contributed by atoms with E-state index in [4.69, 9.17) is 18.6 Å². The van der Waals surface area contributed by atoms with Crippen LogP contribution in [0.2, 0.25) is 0 Å². The summed E-state index contributed by atoms with van der Waals surface area (Å²) in [5.74, 6) is 1.74. The van der Waals surface area contributed by atoms with Crippen LogP contribution in [0.3, 0.4) is 0 Å². The first-order valence-corrected chi connectivity index (χ1v) is 15.0. The number of rotatable bonds is 14. The first kappa shape index (κ1) is 29.7. The fourth-order valence-electron chi connectivity index (χ4n) is 5.26. The molecule has 2 amide bonds. The number of hydrogen-bond acceptors (Lipinski definition) is 7. The molecule has 0 atom stereocenters. The molecule has 1 fully saturated rings. The van der Waals surface area contributed by atoms with E-state index in [2.05, 4.69) is 11.8 Å². The lowest BCUT2D eigenvalue weighted by Gasteiger charge is -2.31. The Morgan fingerprint density at radius 1 is 0.881 bits per heavy atom. The lowest BCUT2D eigenvalue weighted by Crippen LogP contribution is -2.47. The zero-order valence-electron chi connectivity index (χ0n) is 24.5. The van der Waals surface area contributed by atoms with Crippen LogP contribution >= 0.6 is 0 Å². The molecule has 3 aromatic rings. The van der Waals surface area contributed by atoms with Crippen molar-refractivity contribution < 1.29 is 28.2 Å². The Balaban J connectivity index is 1.32. The average Bonchev–Trinajstić information content (AvgIpc) is 3.71. The summed E-state index contributed by atoms with van der Waals surface area (Å²) in [4.78, 5) is 33.4. The van der Waals surface area contributed by atoms with E-state index in [1.807, 2.05) is 54.6 Å². The van der Waals surface area contributed by atoms with Crippen molar-refractivity contribution in [3.8, 4) is 11.5 Å². The monoisotopic (exact) mass is 575 g/mol. The minimum atomic E-state index is -0.157. The molecule has 2 aliphatic rings. The summed E-state index contributed by atoms with van der Waals surface area (Å²) >= 11 is 0.